The third-order valence-corrected chi connectivity index (χ3v) is 7.21. The predicted molar refractivity (Wildman–Crippen MR) is 141 cm³/mol. The maximum atomic E-state index is 13.5. The highest BCUT2D eigenvalue weighted by Crippen LogP contribution is 2.36. The summed E-state index contributed by atoms with van der Waals surface area (Å²) in [6.45, 7) is 0.351. The molecule has 0 bridgehead atoms. The van der Waals surface area contributed by atoms with Gasteiger partial charge >= 0.3 is 6.36 Å². The number of imidazole rings is 1. The summed E-state index contributed by atoms with van der Waals surface area (Å²) in [5, 5.41) is 12.2. The highest BCUT2D eigenvalue weighted by molar-refractivity contribution is 6.33. The average molecular weight is 576 g/mol. The molecule has 1 fully saturated rings. The van der Waals surface area contributed by atoms with Gasteiger partial charge in [-0.25, -0.2) is 4.98 Å². The zero-order valence-corrected chi connectivity index (χ0v) is 21.8. The molecule has 1 saturated heterocycles. The number of piperidine rings is 1. The van der Waals surface area contributed by atoms with Gasteiger partial charge in [-0.15, -0.1) is 13.2 Å². The Morgan fingerprint density at radius 3 is 2.33 bits per heavy atom. The van der Waals surface area contributed by atoms with Crippen LogP contribution in [0.1, 0.15) is 28.9 Å². The molecule has 0 radical (unpaired) electrons. The van der Waals surface area contributed by atoms with E-state index in [-0.39, 0.29) is 37.5 Å². The number of carbonyl (C=O) groups is 1. The first-order valence-electron chi connectivity index (χ1n) is 12.0. The fourth-order valence-corrected chi connectivity index (χ4v) is 4.97. The topological polar surface area (TPSA) is 67.6 Å². The van der Waals surface area contributed by atoms with E-state index < -0.39 is 17.7 Å². The van der Waals surface area contributed by atoms with Gasteiger partial charge in [-0.05, 0) is 66.9 Å². The van der Waals surface area contributed by atoms with E-state index in [1.54, 1.807) is 58.1 Å². The lowest BCUT2D eigenvalue weighted by Crippen LogP contribution is -2.45. The molecule has 1 N–H and O–H groups in total. The lowest BCUT2D eigenvalue weighted by molar-refractivity contribution is -0.274. The van der Waals surface area contributed by atoms with E-state index in [4.69, 9.17) is 23.2 Å². The van der Waals surface area contributed by atoms with Crippen LogP contribution in [0.3, 0.4) is 0 Å². The van der Waals surface area contributed by atoms with Crippen LogP contribution in [0.5, 0.6) is 5.75 Å². The fraction of sp³-hybridized carbons (Fsp3) is 0.214. The van der Waals surface area contributed by atoms with E-state index in [1.807, 2.05) is 12.1 Å². The highest BCUT2D eigenvalue weighted by atomic mass is 35.5. The monoisotopic (exact) mass is 575 g/mol. The molecule has 0 unspecified atom stereocenters. The molecule has 5 rings (SSSR count). The second kappa shape index (κ2) is 10.6. The van der Waals surface area contributed by atoms with Crippen LogP contribution < -0.4 is 4.74 Å². The smallest absolute Gasteiger partial charge is 0.406 e. The normalized spacial score (nSPS) is 15.3. The molecule has 0 aliphatic carbocycles. The molecule has 202 valence electrons. The van der Waals surface area contributed by atoms with Gasteiger partial charge in [0.05, 0.1) is 10.6 Å². The average Bonchev–Trinajstić information content (AvgIpc) is 3.34. The molecule has 6 nitrogen and oxygen atoms in total. The van der Waals surface area contributed by atoms with Crippen LogP contribution >= 0.6 is 23.2 Å². The van der Waals surface area contributed by atoms with Crippen molar-refractivity contribution < 1.29 is 27.8 Å². The predicted octanol–water partition coefficient (Wildman–Crippen LogP) is 6.87. The van der Waals surface area contributed by atoms with Gasteiger partial charge in [0, 0.05) is 35.6 Å². The van der Waals surface area contributed by atoms with Crippen LogP contribution in [0.2, 0.25) is 10.0 Å². The van der Waals surface area contributed by atoms with Gasteiger partial charge in [0.1, 0.15) is 17.3 Å². The van der Waals surface area contributed by atoms with Crippen molar-refractivity contribution in [2.45, 2.75) is 24.8 Å². The van der Waals surface area contributed by atoms with Crippen molar-refractivity contribution in [2.24, 2.45) is 0 Å². The lowest BCUT2D eigenvalue weighted by Gasteiger charge is -2.38. The van der Waals surface area contributed by atoms with E-state index in [9.17, 15) is 23.1 Å². The van der Waals surface area contributed by atoms with Gasteiger partial charge in [-0.2, -0.15) is 0 Å². The van der Waals surface area contributed by atoms with Crippen molar-refractivity contribution in [1.82, 2.24) is 14.5 Å². The first kappa shape index (κ1) is 27.1. The van der Waals surface area contributed by atoms with Crippen LogP contribution in [-0.4, -0.2) is 44.9 Å². The van der Waals surface area contributed by atoms with Crippen LogP contribution in [-0.2, 0) is 5.60 Å². The number of aliphatic hydroxyl groups is 1. The summed E-state index contributed by atoms with van der Waals surface area (Å²) < 4.78 is 43.7. The molecule has 0 atom stereocenters. The van der Waals surface area contributed by atoms with E-state index in [0.29, 0.717) is 27.0 Å². The van der Waals surface area contributed by atoms with Gasteiger partial charge in [0.2, 0.25) is 0 Å². The Morgan fingerprint density at radius 2 is 1.67 bits per heavy atom. The number of hydrogen-bond donors (Lipinski definition) is 1. The molecule has 1 aliphatic rings. The second-order valence-electron chi connectivity index (χ2n) is 9.18. The van der Waals surface area contributed by atoms with Gasteiger partial charge < -0.3 is 14.7 Å². The Morgan fingerprint density at radius 1 is 0.974 bits per heavy atom. The molecule has 0 spiro atoms. The minimum atomic E-state index is -4.84. The van der Waals surface area contributed by atoms with Gasteiger partial charge in [0.25, 0.3) is 5.91 Å². The zero-order chi connectivity index (χ0) is 27.8. The summed E-state index contributed by atoms with van der Waals surface area (Å²) in [4.78, 5) is 19.7. The van der Waals surface area contributed by atoms with Gasteiger partial charge in [-0.3, -0.25) is 9.36 Å². The van der Waals surface area contributed by atoms with E-state index in [1.165, 1.54) is 18.2 Å². The summed E-state index contributed by atoms with van der Waals surface area (Å²) >= 11 is 12.5. The first-order valence-corrected chi connectivity index (χ1v) is 12.8. The fourth-order valence-electron chi connectivity index (χ4n) is 4.63. The third-order valence-electron chi connectivity index (χ3n) is 6.63. The van der Waals surface area contributed by atoms with Crippen molar-refractivity contribution >= 4 is 29.1 Å². The Hall–Kier alpha value is -3.53. The van der Waals surface area contributed by atoms with Crippen LogP contribution in [0.15, 0.2) is 79.0 Å². The summed E-state index contributed by atoms with van der Waals surface area (Å²) in [6.07, 6.45) is -2.95. The Balaban J connectivity index is 1.39. The van der Waals surface area contributed by atoms with Crippen molar-refractivity contribution in [3.05, 3.63) is 100 Å². The Kier molecular flexibility index (Phi) is 7.33. The summed E-state index contributed by atoms with van der Waals surface area (Å²) in [7, 11) is 0. The molecular formula is C28H22Cl2F3N3O3. The zero-order valence-electron chi connectivity index (χ0n) is 20.3. The molecule has 2 heterocycles. The van der Waals surface area contributed by atoms with Crippen LogP contribution in [0.4, 0.5) is 13.2 Å². The quantitative estimate of drug-likeness (QED) is 0.282. The first-order chi connectivity index (χ1) is 18.5. The number of ether oxygens (including phenoxy) is 1. The number of benzene rings is 3. The number of amides is 1. The molecule has 0 saturated carbocycles. The van der Waals surface area contributed by atoms with Crippen molar-refractivity contribution in [3.63, 3.8) is 0 Å². The van der Waals surface area contributed by atoms with Crippen molar-refractivity contribution in [2.75, 3.05) is 13.1 Å². The van der Waals surface area contributed by atoms with E-state index in [0.717, 1.165) is 5.69 Å². The maximum Gasteiger partial charge on any atom is 0.573 e. The minimum absolute atomic E-state index is 0.128. The largest absolute Gasteiger partial charge is 0.573 e. The van der Waals surface area contributed by atoms with Crippen molar-refractivity contribution in [1.29, 1.82) is 0 Å². The van der Waals surface area contributed by atoms with Crippen LogP contribution in [0.25, 0.3) is 17.1 Å². The molecule has 11 heteroatoms. The summed E-state index contributed by atoms with van der Waals surface area (Å²) in [5.74, 6) is -0.278. The molecule has 1 aromatic heterocycles. The van der Waals surface area contributed by atoms with Crippen molar-refractivity contribution in [3.8, 4) is 22.8 Å². The van der Waals surface area contributed by atoms with Crippen LogP contribution in [0, 0.1) is 0 Å². The molecule has 4 aromatic rings. The van der Waals surface area contributed by atoms with Gasteiger partial charge in [0.15, 0.2) is 0 Å². The lowest BCUT2D eigenvalue weighted by atomic mass is 9.84. The molecule has 1 aliphatic heterocycles. The SMILES string of the molecule is O=C(c1cn(-c2ccc(Cl)cc2)c(-c2ccccc2Cl)n1)N1CCC(O)(c2cccc(OC(F)(F)F)c2)CC1. The number of hydrogen-bond acceptors (Lipinski definition) is 4. The Bertz CT molecular complexity index is 1500. The number of alkyl halides is 3. The molecular weight excluding hydrogens is 554 g/mol. The number of aromatic nitrogens is 2. The third kappa shape index (κ3) is 5.90. The van der Waals surface area contributed by atoms with E-state index in [2.05, 4.69) is 9.72 Å². The molecule has 39 heavy (non-hydrogen) atoms. The molecule has 3 aromatic carbocycles. The van der Waals surface area contributed by atoms with E-state index >= 15 is 0 Å². The summed E-state index contributed by atoms with van der Waals surface area (Å²) in [5.41, 5.74) is 0.444. The number of nitrogens with zero attached hydrogens (tertiary/aromatic N) is 3. The number of halogens is 5. The standard InChI is InChI=1S/C28H22Cl2F3N3O3/c29-19-8-10-20(11-9-19)36-17-24(34-25(36)22-6-1-2-7-23(22)30)26(37)35-14-12-27(38,13-15-35)18-4-3-5-21(16-18)39-28(31,32)33/h1-11,16-17,38H,12-15H2. The minimum Gasteiger partial charge on any atom is -0.406 e. The number of carbonyl (C=O) groups excluding carboxylic acids is 1. The molecule has 1 amide bonds. The van der Waals surface area contributed by atoms with Gasteiger partial charge in [-0.1, -0.05) is 47.5 Å². The maximum absolute atomic E-state index is 13.5. The number of likely N-dealkylation sites (tertiary alicyclic amines) is 1. The second-order valence-corrected chi connectivity index (χ2v) is 10.0. The Labute approximate surface area is 232 Å². The summed E-state index contributed by atoms with van der Waals surface area (Å²) in [6, 6.07) is 19.5. The number of rotatable bonds is 5. The highest BCUT2D eigenvalue weighted by Gasteiger charge is 2.37.